The first-order valence-corrected chi connectivity index (χ1v) is 12.8. The van der Waals surface area contributed by atoms with Crippen LogP contribution < -0.4 is 4.74 Å². The molecule has 1 aromatic heterocycles. The van der Waals surface area contributed by atoms with Crippen LogP contribution in [0.4, 0.5) is 0 Å². The number of aryl methyl sites for hydroxylation is 1. The van der Waals surface area contributed by atoms with E-state index in [2.05, 4.69) is 20.8 Å². The molecule has 1 fully saturated rings. The number of carbonyl (C=O) groups excluding carboxylic acids is 1. The Bertz CT molecular complexity index is 1230. The van der Waals surface area contributed by atoms with E-state index in [9.17, 15) is 4.79 Å². The van der Waals surface area contributed by atoms with E-state index in [1.807, 2.05) is 72.4 Å². The monoisotopic (exact) mass is 491 g/mol. The molecule has 4 rings (SSSR count). The van der Waals surface area contributed by atoms with Crippen molar-refractivity contribution in [3.05, 3.63) is 70.8 Å². The normalized spacial score (nSPS) is 15.9. The number of para-hydroxylation sites is 1. The summed E-state index contributed by atoms with van der Waals surface area (Å²) in [7, 11) is 0. The summed E-state index contributed by atoms with van der Waals surface area (Å²) in [4.78, 5) is 15.5. The maximum atomic E-state index is 13.2. The van der Waals surface area contributed by atoms with Crippen LogP contribution in [0.1, 0.15) is 44.7 Å². The van der Waals surface area contributed by atoms with Gasteiger partial charge in [-0.1, -0.05) is 56.0 Å². The summed E-state index contributed by atoms with van der Waals surface area (Å²) in [5, 5.41) is 4.92. The number of hydrogen-bond donors (Lipinski definition) is 0. The standard InChI is InChI=1S/C27H29N3O2S2/c1-5-14-32-22-12-13-23(18(3)15-22)25-20(17-29(28-25)21-10-8-7-9-11-21)16-24-26(31)30(19(4)6-2)27(33)34-24/h7-13,15-17,19H,5-6,14H2,1-4H3/b24-16-. The number of carbonyl (C=O) groups is 1. The van der Waals surface area contributed by atoms with Gasteiger partial charge in [-0.05, 0) is 68.7 Å². The number of thiocarbonyl (C=S) groups is 1. The van der Waals surface area contributed by atoms with Gasteiger partial charge in [-0.15, -0.1) is 0 Å². The van der Waals surface area contributed by atoms with Crippen LogP contribution >= 0.6 is 24.0 Å². The Hall–Kier alpha value is -2.90. The largest absolute Gasteiger partial charge is 0.494 e. The first kappa shape index (κ1) is 24.2. The Labute approximate surface area is 210 Å². The molecule has 1 unspecified atom stereocenters. The van der Waals surface area contributed by atoms with Gasteiger partial charge in [0.1, 0.15) is 15.8 Å². The van der Waals surface area contributed by atoms with Crippen molar-refractivity contribution in [2.24, 2.45) is 0 Å². The van der Waals surface area contributed by atoms with Gasteiger partial charge in [-0.2, -0.15) is 5.10 Å². The van der Waals surface area contributed by atoms with E-state index in [1.54, 1.807) is 4.90 Å². The van der Waals surface area contributed by atoms with Gasteiger partial charge in [0.25, 0.3) is 5.91 Å². The van der Waals surface area contributed by atoms with Crippen molar-refractivity contribution in [2.75, 3.05) is 6.61 Å². The highest BCUT2D eigenvalue weighted by Gasteiger charge is 2.35. The first-order chi connectivity index (χ1) is 16.4. The molecular weight excluding hydrogens is 462 g/mol. The van der Waals surface area contributed by atoms with E-state index in [1.165, 1.54) is 11.8 Å². The van der Waals surface area contributed by atoms with Gasteiger partial charge in [0, 0.05) is 23.4 Å². The van der Waals surface area contributed by atoms with Gasteiger partial charge in [-0.25, -0.2) is 4.68 Å². The molecule has 176 valence electrons. The minimum atomic E-state index is -0.0391. The number of rotatable bonds is 8. The maximum absolute atomic E-state index is 13.2. The zero-order chi connectivity index (χ0) is 24.2. The second kappa shape index (κ2) is 10.6. The fraction of sp³-hybridized carbons (Fsp3) is 0.296. The summed E-state index contributed by atoms with van der Waals surface area (Å²) < 4.78 is 8.27. The Balaban J connectivity index is 1.78. The predicted molar refractivity (Wildman–Crippen MR) is 144 cm³/mol. The van der Waals surface area contributed by atoms with Gasteiger partial charge in [-0.3, -0.25) is 9.69 Å². The number of nitrogens with zero attached hydrogens (tertiary/aromatic N) is 3. The number of aromatic nitrogens is 2. The topological polar surface area (TPSA) is 47.4 Å². The SMILES string of the molecule is CCCOc1ccc(-c2nn(-c3ccccc3)cc2/C=C2\SC(=S)N(C(C)CC)C2=O)c(C)c1. The van der Waals surface area contributed by atoms with E-state index in [0.717, 1.165) is 46.7 Å². The first-order valence-electron chi connectivity index (χ1n) is 11.6. The third-order valence-electron chi connectivity index (χ3n) is 5.83. The van der Waals surface area contributed by atoms with Crippen molar-refractivity contribution < 1.29 is 9.53 Å². The van der Waals surface area contributed by atoms with Gasteiger partial charge in [0.2, 0.25) is 0 Å². The average Bonchev–Trinajstić information content (AvgIpc) is 3.38. The van der Waals surface area contributed by atoms with Crippen LogP contribution in [-0.4, -0.2) is 37.6 Å². The van der Waals surface area contributed by atoms with Crippen molar-refractivity contribution in [1.29, 1.82) is 0 Å². The number of amides is 1. The van der Waals surface area contributed by atoms with Crippen LogP contribution in [0.5, 0.6) is 5.75 Å². The van der Waals surface area contributed by atoms with E-state index in [4.69, 9.17) is 22.1 Å². The summed E-state index contributed by atoms with van der Waals surface area (Å²) in [6, 6.07) is 16.1. The van der Waals surface area contributed by atoms with E-state index < -0.39 is 0 Å². The third-order valence-corrected chi connectivity index (χ3v) is 7.16. The third kappa shape index (κ3) is 4.95. The Morgan fingerprint density at radius 2 is 1.94 bits per heavy atom. The lowest BCUT2D eigenvalue weighted by Gasteiger charge is -2.21. The molecule has 1 amide bonds. The van der Waals surface area contributed by atoms with Crippen molar-refractivity contribution in [2.45, 2.75) is 46.6 Å². The van der Waals surface area contributed by atoms with Gasteiger partial charge in [0.15, 0.2) is 0 Å². The molecule has 1 aliphatic rings. The lowest BCUT2D eigenvalue weighted by molar-refractivity contribution is -0.123. The Morgan fingerprint density at radius 3 is 2.62 bits per heavy atom. The van der Waals surface area contributed by atoms with Crippen LogP contribution in [0.25, 0.3) is 23.0 Å². The molecule has 7 heteroatoms. The highest BCUT2D eigenvalue weighted by atomic mass is 32.2. The number of benzene rings is 2. The van der Waals surface area contributed by atoms with Crippen molar-refractivity contribution >= 4 is 40.3 Å². The van der Waals surface area contributed by atoms with E-state index >= 15 is 0 Å². The molecule has 0 radical (unpaired) electrons. The molecule has 2 aromatic carbocycles. The summed E-state index contributed by atoms with van der Waals surface area (Å²) in [5.41, 5.74) is 4.71. The van der Waals surface area contributed by atoms with Gasteiger partial charge in [0.05, 0.1) is 17.2 Å². The second-order valence-electron chi connectivity index (χ2n) is 8.35. The summed E-state index contributed by atoms with van der Waals surface area (Å²) in [6.07, 6.45) is 5.70. The average molecular weight is 492 g/mol. The Morgan fingerprint density at radius 1 is 1.18 bits per heavy atom. The maximum Gasteiger partial charge on any atom is 0.266 e. The van der Waals surface area contributed by atoms with Crippen LogP contribution in [0.2, 0.25) is 0 Å². The quantitative estimate of drug-likeness (QED) is 0.261. The fourth-order valence-corrected chi connectivity index (χ4v) is 5.26. The molecule has 34 heavy (non-hydrogen) atoms. The summed E-state index contributed by atoms with van der Waals surface area (Å²) >= 11 is 6.88. The molecule has 0 aliphatic carbocycles. The van der Waals surface area contributed by atoms with E-state index in [0.29, 0.717) is 15.8 Å². The molecule has 0 saturated carbocycles. The smallest absolute Gasteiger partial charge is 0.266 e. The van der Waals surface area contributed by atoms with Crippen LogP contribution in [-0.2, 0) is 4.79 Å². The fourth-order valence-electron chi connectivity index (χ4n) is 3.81. The molecular formula is C27H29N3O2S2. The molecule has 3 aromatic rings. The molecule has 1 aliphatic heterocycles. The van der Waals surface area contributed by atoms with Crippen LogP contribution in [0, 0.1) is 6.92 Å². The molecule has 0 N–H and O–H groups in total. The molecule has 0 bridgehead atoms. The van der Waals surface area contributed by atoms with Crippen molar-refractivity contribution in [1.82, 2.24) is 14.7 Å². The van der Waals surface area contributed by atoms with Crippen molar-refractivity contribution in [3.8, 4) is 22.7 Å². The molecule has 0 spiro atoms. The summed E-state index contributed by atoms with van der Waals surface area (Å²) in [6.45, 7) is 8.92. The highest BCUT2D eigenvalue weighted by Crippen LogP contribution is 2.37. The number of thioether (sulfide) groups is 1. The lowest BCUT2D eigenvalue weighted by Crippen LogP contribution is -2.36. The van der Waals surface area contributed by atoms with Crippen molar-refractivity contribution in [3.63, 3.8) is 0 Å². The zero-order valence-corrected chi connectivity index (χ0v) is 21.6. The van der Waals surface area contributed by atoms with Gasteiger partial charge >= 0.3 is 0 Å². The minimum Gasteiger partial charge on any atom is -0.494 e. The van der Waals surface area contributed by atoms with Gasteiger partial charge < -0.3 is 4.74 Å². The zero-order valence-electron chi connectivity index (χ0n) is 19.9. The van der Waals surface area contributed by atoms with Crippen LogP contribution in [0.3, 0.4) is 0 Å². The Kier molecular flexibility index (Phi) is 7.54. The lowest BCUT2D eigenvalue weighted by atomic mass is 10.0. The highest BCUT2D eigenvalue weighted by molar-refractivity contribution is 8.26. The van der Waals surface area contributed by atoms with E-state index in [-0.39, 0.29) is 11.9 Å². The molecule has 2 heterocycles. The van der Waals surface area contributed by atoms with Crippen LogP contribution in [0.15, 0.2) is 59.6 Å². The number of hydrogen-bond acceptors (Lipinski definition) is 5. The second-order valence-corrected chi connectivity index (χ2v) is 10.0. The summed E-state index contributed by atoms with van der Waals surface area (Å²) in [5.74, 6) is 0.810. The molecule has 5 nitrogen and oxygen atoms in total. The number of ether oxygens (including phenoxy) is 1. The predicted octanol–water partition coefficient (Wildman–Crippen LogP) is 6.64. The minimum absolute atomic E-state index is 0.0391. The molecule has 1 saturated heterocycles. The molecule has 1 atom stereocenters.